The molecule has 2 N–H and O–H groups in total. The summed E-state index contributed by atoms with van der Waals surface area (Å²) in [5.41, 5.74) is 2.97. The fraction of sp³-hybridized carbons (Fsp3) is 0.316. The van der Waals surface area contributed by atoms with E-state index in [0.717, 1.165) is 35.5 Å². The van der Waals surface area contributed by atoms with Crippen molar-refractivity contribution >= 4 is 24.0 Å². The molecule has 130 valence electrons. The number of anilines is 1. The molecule has 0 aliphatic carbocycles. The van der Waals surface area contributed by atoms with E-state index in [1.54, 1.807) is 0 Å². The summed E-state index contributed by atoms with van der Waals surface area (Å²) in [4.78, 5) is 12.0. The predicted octanol–water partition coefficient (Wildman–Crippen LogP) is 3.93. The second-order valence-corrected chi connectivity index (χ2v) is 5.45. The number of carbonyl (C=O) groups excluding carboxylic acids is 1. The van der Waals surface area contributed by atoms with Gasteiger partial charge in [-0.3, -0.25) is 4.79 Å². The highest BCUT2D eigenvalue weighted by atomic mass is 35.5. The highest BCUT2D eigenvalue weighted by molar-refractivity contribution is 5.91. The number of carbonyl (C=O) groups is 1. The van der Waals surface area contributed by atoms with Crippen LogP contribution >= 0.6 is 12.4 Å². The Balaban J connectivity index is 0.00000288. The third kappa shape index (κ3) is 6.22. The molecule has 2 rings (SSSR count). The van der Waals surface area contributed by atoms with Gasteiger partial charge >= 0.3 is 0 Å². The normalized spacial score (nSPS) is 9.92. The van der Waals surface area contributed by atoms with Crippen molar-refractivity contribution in [2.45, 2.75) is 26.4 Å². The molecular weight excluding hydrogens is 324 g/mol. The molecule has 0 radical (unpaired) electrons. The second-order valence-electron chi connectivity index (χ2n) is 5.45. The van der Waals surface area contributed by atoms with E-state index in [0.29, 0.717) is 13.0 Å². The van der Waals surface area contributed by atoms with E-state index >= 15 is 0 Å². The zero-order valence-corrected chi connectivity index (χ0v) is 15.0. The maximum atomic E-state index is 12.0. The van der Waals surface area contributed by atoms with E-state index in [2.05, 4.69) is 10.6 Å². The Morgan fingerprint density at radius 1 is 1.08 bits per heavy atom. The highest BCUT2D eigenvalue weighted by Crippen LogP contribution is 2.21. The largest absolute Gasteiger partial charge is 0.489 e. The first-order valence-electron chi connectivity index (χ1n) is 7.91. The summed E-state index contributed by atoms with van der Waals surface area (Å²) in [6.07, 6.45) is 1.35. The van der Waals surface area contributed by atoms with Crippen LogP contribution in [-0.2, 0) is 11.4 Å². The van der Waals surface area contributed by atoms with Crippen LogP contribution in [0.2, 0.25) is 0 Å². The lowest BCUT2D eigenvalue weighted by atomic mass is 10.1. The lowest BCUT2D eigenvalue weighted by Crippen LogP contribution is -2.16. The van der Waals surface area contributed by atoms with E-state index in [4.69, 9.17) is 4.74 Å². The van der Waals surface area contributed by atoms with Gasteiger partial charge in [0.15, 0.2) is 0 Å². The van der Waals surface area contributed by atoms with Crippen LogP contribution in [0.4, 0.5) is 5.69 Å². The van der Waals surface area contributed by atoms with Gasteiger partial charge in [0.1, 0.15) is 12.4 Å². The van der Waals surface area contributed by atoms with Gasteiger partial charge in [-0.05, 0) is 56.3 Å². The third-order valence-corrected chi connectivity index (χ3v) is 3.69. The van der Waals surface area contributed by atoms with Gasteiger partial charge in [0, 0.05) is 12.1 Å². The summed E-state index contributed by atoms with van der Waals surface area (Å²) in [5, 5.41) is 6.03. The zero-order valence-electron chi connectivity index (χ0n) is 14.2. The number of nitrogens with one attached hydrogen (secondary N) is 2. The lowest BCUT2D eigenvalue weighted by molar-refractivity contribution is -0.116. The first kappa shape index (κ1) is 20.0. The van der Waals surface area contributed by atoms with Crippen LogP contribution in [0.1, 0.15) is 24.0 Å². The number of halogens is 1. The summed E-state index contributed by atoms with van der Waals surface area (Å²) in [6, 6.07) is 15.6. The van der Waals surface area contributed by atoms with Crippen molar-refractivity contribution in [1.82, 2.24) is 5.32 Å². The molecule has 1 amide bonds. The zero-order chi connectivity index (χ0) is 16.5. The molecule has 0 unspecified atom stereocenters. The van der Waals surface area contributed by atoms with Crippen molar-refractivity contribution in [2.75, 3.05) is 18.9 Å². The number of ether oxygens (including phenoxy) is 1. The molecule has 5 heteroatoms. The average Bonchev–Trinajstić information content (AvgIpc) is 2.57. The number of amides is 1. The first-order chi connectivity index (χ1) is 11.2. The highest BCUT2D eigenvalue weighted by Gasteiger charge is 2.08. The van der Waals surface area contributed by atoms with Gasteiger partial charge in [0.05, 0.1) is 0 Å². The summed E-state index contributed by atoms with van der Waals surface area (Å²) in [7, 11) is 1.89. The van der Waals surface area contributed by atoms with Crippen LogP contribution in [0.3, 0.4) is 0 Å². The number of para-hydroxylation sites is 1. The molecule has 24 heavy (non-hydrogen) atoms. The molecule has 2 aromatic rings. The Morgan fingerprint density at radius 2 is 1.83 bits per heavy atom. The summed E-state index contributed by atoms with van der Waals surface area (Å²) < 4.78 is 5.79. The van der Waals surface area contributed by atoms with Crippen LogP contribution in [0.15, 0.2) is 48.5 Å². The van der Waals surface area contributed by atoms with E-state index in [-0.39, 0.29) is 18.3 Å². The Morgan fingerprint density at radius 3 is 2.54 bits per heavy atom. The van der Waals surface area contributed by atoms with Crippen LogP contribution in [0, 0.1) is 6.92 Å². The average molecular weight is 349 g/mol. The number of rotatable bonds is 8. The molecule has 0 aliphatic heterocycles. The summed E-state index contributed by atoms with van der Waals surface area (Å²) in [5.74, 6) is 0.887. The molecule has 0 bridgehead atoms. The van der Waals surface area contributed by atoms with Crippen LogP contribution in [-0.4, -0.2) is 19.5 Å². The molecule has 2 aromatic carbocycles. The van der Waals surface area contributed by atoms with Crippen molar-refractivity contribution in [1.29, 1.82) is 0 Å². The molecule has 0 heterocycles. The molecule has 4 nitrogen and oxygen atoms in total. The van der Waals surface area contributed by atoms with Crippen LogP contribution in [0.25, 0.3) is 0 Å². The fourth-order valence-corrected chi connectivity index (χ4v) is 2.29. The molecular formula is C19H25ClN2O2. The molecule has 0 spiro atoms. The minimum Gasteiger partial charge on any atom is -0.489 e. The van der Waals surface area contributed by atoms with Gasteiger partial charge in [0.2, 0.25) is 5.91 Å². The number of hydrogen-bond acceptors (Lipinski definition) is 3. The molecule has 0 fully saturated rings. The van der Waals surface area contributed by atoms with Gasteiger partial charge in [0.25, 0.3) is 0 Å². The van der Waals surface area contributed by atoms with E-state index < -0.39 is 0 Å². The fourth-order valence-electron chi connectivity index (χ4n) is 2.29. The van der Waals surface area contributed by atoms with E-state index in [1.165, 1.54) is 0 Å². The van der Waals surface area contributed by atoms with Crippen LogP contribution in [0.5, 0.6) is 5.75 Å². The SMILES string of the molecule is CNCCCC(=O)Nc1cccc(COc2ccccc2)c1C.Cl. The molecule has 0 aromatic heterocycles. The molecule has 0 atom stereocenters. The maximum absolute atomic E-state index is 12.0. The Kier molecular flexibility index (Phi) is 8.90. The van der Waals surface area contributed by atoms with Crippen molar-refractivity contribution in [3.05, 3.63) is 59.7 Å². The van der Waals surface area contributed by atoms with Crippen LogP contribution < -0.4 is 15.4 Å². The molecule has 0 saturated heterocycles. The van der Waals surface area contributed by atoms with Gasteiger partial charge in [-0.15, -0.1) is 12.4 Å². The molecule has 0 saturated carbocycles. The number of benzene rings is 2. The summed E-state index contributed by atoms with van der Waals surface area (Å²) in [6.45, 7) is 3.34. The monoisotopic (exact) mass is 348 g/mol. The second kappa shape index (κ2) is 10.7. The smallest absolute Gasteiger partial charge is 0.224 e. The lowest BCUT2D eigenvalue weighted by Gasteiger charge is -2.13. The maximum Gasteiger partial charge on any atom is 0.224 e. The topological polar surface area (TPSA) is 50.4 Å². The quantitative estimate of drug-likeness (QED) is 0.710. The predicted molar refractivity (Wildman–Crippen MR) is 101 cm³/mol. The summed E-state index contributed by atoms with van der Waals surface area (Å²) >= 11 is 0. The van der Waals surface area contributed by atoms with Gasteiger partial charge < -0.3 is 15.4 Å². The van der Waals surface area contributed by atoms with Gasteiger partial charge in [-0.1, -0.05) is 30.3 Å². The molecule has 0 aliphatic rings. The standard InChI is InChI=1S/C19H24N2O2.ClH/c1-15-16(14-23-17-9-4-3-5-10-17)8-6-11-18(15)21-19(22)12-7-13-20-2;/h3-6,8-11,20H,7,12-14H2,1-2H3,(H,21,22);1H. The minimum atomic E-state index is 0. The minimum absolute atomic E-state index is 0. The van der Waals surface area contributed by atoms with Crippen molar-refractivity contribution in [2.24, 2.45) is 0 Å². The van der Waals surface area contributed by atoms with Gasteiger partial charge in [-0.25, -0.2) is 0 Å². The van der Waals surface area contributed by atoms with E-state index in [9.17, 15) is 4.79 Å². The van der Waals surface area contributed by atoms with E-state index in [1.807, 2.05) is 62.5 Å². The van der Waals surface area contributed by atoms with Crippen molar-refractivity contribution in [3.8, 4) is 5.75 Å². The Bertz CT molecular complexity index is 633. The van der Waals surface area contributed by atoms with Crippen molar-refractivity contribution in [3.63, 3.8) is 0 Å². The van der Waals surface area contributed by atoms with Crippen molar-refractivity contribution < 1.29 is 9.53 Å². The third-order valence-electron chi connectivity index (χ3n) is 3.69. The first-order valence-corrected chi connectivity index (χ1v) is 7.91. The van der Waals surface area contributed by atoms with Gasteiger partial charge in [-0.2, -0.15) is 0 Å². The Hall–Kier alpha value is -2.04. The Labute approximate surface area is 150 Å². The number of hydrogen-bond donors (Lipinski definition) is 2.